The van der Waals surface area contributed by atoms with Gasteiger partial charge in [0.2, 0.25) is 11.8 Å². The molecule has 1 aliphatic rings. The molecule has 316 valence electrons. The van der Waals surface area contributed by atoms with Gasteiger partial charge in [0.25, 0.3) is 0 Å². The van der Waals surface area contributed by atoms with Crippen molar-refractivity contribution in [3.8, 4) is 0 Å². The predicted molar refractivity (Wildman–Crippen MR) is 230 cm³/mol. The molecule has 12 nitrogen and oxygen atoms in total. The van der Waals surface area contributed by atoms with Crippen LogP contribution in [0.4, 0.5) is 0 Å². The minimum Gasteiger partial charge on any atom is -0.395 e. The topological polar surface area (TPSA) is 180 Å². The second-order valence-electron chi connectivity index (χ2n) is 15.6. The minimum absolute atomic E-state index is 0.117. The maximum Gasteiger partial charge on any atom is 0.220 e. The van der Waals surface area contributed by atoms with Gasteiger partial charge in [-0.05, 0) is 125 Å². The Morgan fingerprint density at radius 2 is 1.07 bits per heavy atom. The largest absolute Gasteiger partial charge is 0.395 e. The van der Waals surface area contributed by atoms with Crippen molar-refractivity contribution in [2.45, 2.75) is 119 Å². The summed E-state index contributed by atoms with van der Waals surface area (Å²) in [4.78, 5) is 40.6. The Balaban J connectivity index is 1.82. The van der Waals surface area contributed by atoms with E-state index in [2.05, 4.69) is 110 Å². The number of aliphatic hydroxyl groups excluding tert-OH is 2. The van der Waals surface area contributed by atoms with E-state index in [1.54, 1.807) is 0 Å². The molecule has 0 aliphatic carbocycles. The first-order valence-corrected chi connectivity index (χ1v) is 21.2. The first-order valence-electron chi connectivity index (χ1n) is 21.2. The van der Waals surface area contributed by atoms with Crippen LogP contribution in [0.5, 0.6) is 0 Å². The molecule has 12 heteroatoms. The zero-order valence-corrected chi connectivity index (χ0v) is 35.9. The summed E-state index contributed by atoms with van der Waals surface area (Å²) >= 11 is 0. The molecule has 2 atom stereocenters. The first kappa shape index (κ1) is 44.5. The Bertz CT molecular complexity index is 2290. The van der Waals surface area contributed by atoms with Crippen LogP contribution in [0.1, 0.15) is 146 Å². The number of aromatic nitrogens is 4. The van der Waals surface area contributed by atoms with Gasteiger partial charge in [-0.2, -0.15) is 0 Å². The van der Waals surface area contributed by atoms with E-state index >= 15 is 0 Å². The number of hydrogen-bond donors (Lipinski definition) is 8. The fourth-order valence-electron chi connectivity index (χ4n) is 8.01. The van der Waals surface area contributed by atoms with Crippen molar-refractivity contribution < 1.29 is 29.3 Å². The van der Waals surface area contributed by atoms with E-state index in [1.807, 2.05) is 0 Å². The summed E-state index contributed by atoms with van der Waals surface area (Å²) < 4.78 is 12.9. The molecule has 4 aromatic heterocycles. The molecular formula is C46H66N6O6. The number of unbranched alkanes of at least 4 members (excludes halogenated alkanes) is 2. The van der Waals surface area contributed by atoms with E-state index in [9.17, 15) is 19.8 Å². The van der Waals surface area contributed by atoms with Gasteiger partial charge >= 0.3 is 0 Å². The standard InChI is InChI=1S/C46H66N6O6/c1-9-11-21-57-31(7)45-29(5)37-23-35-27(3)33(13-15-43(55)47-17-19-53)39(49-35)26-40-34(14-16-44(56)48-18-20-54)28(4)36(50-40)24-41-46(32(8)58-22-12-10-2)30(6)38(52-41)25-42(45)51-37/h23-26,31-32,49-54H,9-22H2,1-8H3,(H,47,55)(H,48,56). The molecule has 0 aromatic carbocycles. The van der Waals surface area contributed by atoms with E-state index in [0.29, 0.717) is 26.1 Å². The van der Waals surface area contributed by atoms with Crippen LogP contribution >= 0.6 is 0 Å². The van der Waals surface area contributed by atoms with E-state index in [1.165, 1.54) is 0 Å². The highest BCUT2D eigenvalue weighted by atomic mass is 16.5. The van der Waals surface area contributed by atoms with Gasteiger partial charge in [0.15, 0.2) is 0 Å². The average Bonchev–Trinajstić information content (AvgIpc) is 3.87. The van der Waals surface area contributed by atoms with Crippen LogP contribution in [0.3, 0.4) is 0 Å². The summed E-state index contributed by atoms with van der Waals surface area (Å²) in [6.07, 6.45) is 13.8. The average molecular weight is 799 g/mol. The van der Waals surface area contributed by atoms with Crippen molar-refractivity contribution in [2.75, 3.05) is 39.5 Å². The fourth-order valence-corrected chi connectivity index (χ4v) is 8.01. The maximum atomic E-state index is 12.8. The molecule has 8 bridgehead atoms. The molecule has 2 amide bonds. The lowest BCUT2D eigenvalue weighted by Gasteiger charge is -2.14. The monoisotopic (exact) mass is 799 g/mol. The van der Waals surface area contributed by atoms with E-state index in [0.717, 1.165) is 114 Å². The number of carbonyl (C=O) groups is 2. The minimum atomic E-state index is -0.170. The van der Waals surface area contributed by atoms with Crippen molar-refractivity contribution in [3.63, 3.8) is 0 Å². The Labute approximate surface area is 342 Å². The van der Waals surface area contributed by atoms with Crippen molar-refractivity contribution in [3.05, 3.63) is 88.7 Å². The van der Waals surface area contributed by atoms with Crippen LogP contribution in [0, 0.1) is 27.7 Å². The van der Waals surface area contributed by atoms with Crippen LogP contribution in [-0.2, 0) is 31.9 Å². The molecule has 0 saturated carbocycles. The van der Waals surface area contributed by atoms with E-state index in [-0.39, 0.29) is 63.2 Å². The summed E-state index contributed by atoms with van der Waals surface area (Å²) in [5.41, 5.74) is 12.2. The summed E-state index contributed by atoms with van der Waals surface area (Å²) in [5.74, 6) is -0.255. The Morgan fingerprint density at radius 3 is 1.67 bits per heavy atom. The van der Waals surface area contributed by atoms with Crippen LogP contribution < -0.4 is 32.0 Å². The third-order valence-electron chi connectivity index (χ3n) is 11.4. The van der Waals surface area contributed by atoms with E-state index in [4.69, 9.17) is 9.47 Å². The number of aromatic amines is 4. The Kier molecular flexibility index (Phi) is 16.0. The molecule has 8 N–H and O–H groups in total. The summed E-state index contributed by atoms with van der Waals surface area (Å²) in [5, 5.41) is 27.9. The summed E-state index contributed by atoms with van der Waals surface area (Å²) in [7, 11) is 0. The van der Waals surface area contributed by atoms with Gasteiger partial charge in [-0.15, -0.1) is 0 Å². The third kappa shape index (κ3) is 10.5. The number of aliphatic hydroxyl groups is 2. The van der Waals surface area contributed by atoms with Crippen LogP contribution in [-0.4, -0.2) is 81.5 Å². The highest BCUT2D eigenvalue weighted by molar-refractivity contribution is 5.77. The van der Waals surface area contributed by atoms with Crippen molar-refractivity contribution in [1.82, 2.24) is 30.6 Å². The molecule has 2 unspecified atom stereocenters. The number of nitrogens with one attached hydrogen (secondary N) is 6. The number of amides is 2. The third-order valence-corrected chi connectivity index (χ3v) is 11.4. The first-order chi connectivity index (χ1) is 27.9. The highest BCUT2D eigenvalue weighted by Crippen LogP contribution is 2.30. The van der Waals surface area contributed by atoms with Gasteiger partial charge in [0, 0.05) is 94.4 Å². The molecule has 58 heavy (non-hydrogen) atoms. The second-order valence-corrected chi connectivity index (χ2v) is 15.6. The zero-order valence-electron chi connectivity index (χ0n) is 35.9. The second kappa shape index (κ2) is 20.9. The number of rotatable bonds is 20. The SMILES string of the molecule is CCCCOC(C)c1c2[nH]c(c1C)C=c1[nH]c(c(CCC(=O)NCCO)c1C)=Cc1[nH]c(c(C)c1CCC(=O)NCCO)C=c1[nH]c(c(C)c1C(C)OCCCC)=C2. The fraction of sp³-hybridized carbons (Fsp3) is 0.522. The maximum absolute atomic E-state index is 12.8. The zero-order chi connectivity index (χ0) is 41.9. The van der Waals surface area contributed by atoms with Gasteiger partial charge in [-0.1, -0.05) is 26.7 Å². The lowest BCUT2D eigenvalue weighted by atomic mass is 10.0. The van der Waals surface area contributed by atoms with Gasteiger partial charge in [-0.25, -0.2) is 0 Å². The summed E-state index contributed by atoms with van der Waals surface area (Å²) in [6, 6.07) is 0. The van der Waals surface area contributed by atoms with Crippen LogP contribution in [0.2, 0.25) is 0 Å². The van der Waals surface area contributed by atoms with Crippen molar-refractivity contribution in [1.29, 1.82) is 0 Å². The smallest absolute Gasteiger partial charge is 0.220 e. The normalized spacial score (nSPS) is 13.3. The van der Waals surface area contributed by atoms with E-state index < -0.39 is 0 Å². The number of hydrogen-bond acceptors (Lipinski definition) is 6. The quantitative estimate of drug-likeness (QED) is 0.0557. The molecule has 0 spiro atoms. The van der Waals surface area contributed by atoms with Crippen molar-refractivity contribution in [2.24, 2.45) is 0 Å². The van der Waals surface area contributed by atoms with Crippen molar-refractivity contribution >= 4 is 36.1 Å². The lowest BCUT2D eigenvalue weighted by molar-refractivity contribution is -0.122. The molecule has 0 radical (unpaired) electrons. The van der Waals surface area contributed by atoms with Crippen LogP contribution in [0.15, 0.2) is 0 Å². The molecule has 1 aliphatic heterocycles. The number of ether oxygens (including phenoxy) is 2. The van der Waals surface area contributed by atoms with Gasteiger partial charge in [0.1, 0.15) is 0 Å². The number of carbonyl (C=O) groups excluding carboxylic acids is 2. The molecule has 0 saturated heterocycles. The number of H-pyrrole nitrogens is 4. The Hall–Kier alpha value is -4.62. The van der Waals surface area contributed by atoms with Crippen LogP contribution in [0.25, 0.3) is 24.3 Å². The molecule has 4 aromatic rings. The number of fused-ring (bicyclic) bond motifs is 8. The van der Waals surface area contributed by atoms with Gasteiger partial charge < -0.3 is 50.3 Å². The molecule has 5 rings (SSSR count). The van der Waals surface area contributed by atoms with Gasteiger partial charge in [-0.3, -0.25) is 9.59 Å². The Morgan fingerprint density at radius 1 is 0.586 bits per heavy atom. The highest BCUT2D eigenvalue weighted by Gasteiger charge is 2.22. The summed E-state index contributed by atoms with van der Waals surface area (Å²) in [6.45, 7) is 18.6. The molecular weight excluding hydrogens is 733 g/mol. The predicted octanol–water partition coefficient (Wildman–Crippen LogP) is 3.70. The molecule has 0 fully saturated rings. The lowest BCUT2D eigenvalue weighted by Crippen LogP contribution is -2.27. The van der Waals surface area contributed by atoms with Gasteiger partial charge in [0.05, 0.1) is 25.4 Å². The molecule has 5 heterocycles.